The molecule has 1 N–H and O–H groups in total. The van der Waals surface area contributed by atoms with Gasteiger partial charge in [-0.15, -0.1) is 11.3 Å². The van der Waals surface area contributed by atoms with Crippen LogP contribution in [0.25, 0.3) is 0 Å². The Kier molecular flexibility index (Phi) is 5.36. The number of anilines is 1. The molecule has 0 atom stereocenters. The zero-order chi connectivity index (χ0) is 17.8. The number of hydrogen-bond acceptors (Lipinski definition) is 3. The molecule has 1 heterocycles. The lowest BCUT2D eigenvalue weighted by Crippen LogP contribution is -2.10. The fourth-order valence-electron chi connectivity index (χ4n) is 2.27. The van der Waals surface area contributed by atoms with Crippen molar-refractivity contribution in [2.75, 3.05) is 5.32 Å². The molecule has 1 amide bonds. The van der Waals surface area contributed by atoms with Crippen molar-refractivity contribution in [3.8, 4) is 5.75 Å². The van der Waals surface area contributed by atoms with Crippen molar-refractivity contribution in [3.63, 3.8) is 0 Å². The van der Waals surface area contributed by atoms with Gasteiger partial charge in [0.1, 0.15) is 18.2 Å². The minimum Gasteiger partial charge on any atom is -0.489 e. The maximum absolute atomic E-state index is 13.2. The van der Waals surface area contributed by atoms with Crippen LogP contribution >= 0.6 is 22.9 Å². The molecule has 0 aliphatic rings. The number of rotatable bonds is 5. The van der Waals surface area contributed by atoms with E-state index in [2.05, 4.69) is 5.32 Å². The molecule has 25 heavy (non-hydrogen) atoms. The first kappa shape index (κ1) is 17.5. The summed E-state index contributed by atoms with van der Waals surface area (Å²) in [6, 6.07) is 13.0. The molecule has 2 aromatic carbocycles. The van der Waals surface area contributed by atoms with Gasteiger partial charge in [-0.3, -0.25) is 4.79 Å². The molecule has 0 aliphatic heterocycles. The molecule has 128 valence electrons. The summed E-state index contributed by atoms with van der Waals surface area (Å²) in [5.74, 6) is 0.0855. The number of benzene rings is 2. The molecule has 1 aromatic heterocycles. The number of amides is 1. The standard InChI is InChI=1S/C19H15ClFNO2S/c1-12-7-14(20)5-6-17(12)24-10-13-8-18(25-11-13)19(23)22-16-4-2-3-15(21)9-16/h2-9,11H,10H2,1H3,(H,22,23). The smallest absolute Gasteiger partial charge is 0.265 e. The van der Waals surface area contributed by atoms with Crippen LogP contribution in [0.15, 0.2) is 53.9 Å². The van der Waals surface area contributed by atoms with Crippen LogP contribution in [0.2, 0.25) is 5.02 Å². The highest BCUT2D eigenvalue weighted by Gasteiger charge is 2.11. The Hall–Kier alpha value is -2.37. The minimum absolute atomic E-state index is 0.274. The lowest BCUT2D eigenvalue weighted by Gasteiger charge is -2.08. The monoisotopic (exact) mass is 375 g/mol. The summed E-state index contributed by atoms with van der Waals surface area (Å²) in [7, 11) is 0. The van der Waals surface area contributed by atoms with Gasteiger partial charge in [0.15, 0.2) is 0 Å². The Morgan fingerprint density at radius 1 is 1.24 bits per heavy atom. The van der Waals surface area contributed by atoms with E-state index >= 15 is 0 Å². The van der Waals surface area contributed by atoms with Gasteiger partial charge in [0.05, 0.1) is 4.88 Å². The van der Waals surface area contributed by atoms with Crippen molar-refractivity contribution >= 4 is 34.5 Å². The van der Waals surface area contributed by atoms with Gasteiger partial charge in [-0.05, 0) is 60.3 Å². The molecule has 0 radical (unpaired) electrons. The van der Waals surface area contributed by atoms with Crippen molar-refractivity contribution in [2.24, 2.45) is 0 Å². The average molecular weight is 376 g/mol. The van der Waals surface area contributed by atoms with Crippen LogP contribution in [-0.2, 0) is 6.61 Å². The van der Waals surface area contributed by atoms with Gasteiger partial charge in [-0.25, -0.2) is 4.39 Å². The van der Waals surface area contributed by atoms with Crippen LogP contribution in [0, 0.1) is 12.7 Å². The second kappa shape index (κ2) is 7.68. The third-order valence-electron chi connectivity index (χ3n) is 3.49. The first-order valence-electron chi connectivity index (χ1n) is 7.54. The summed E-state index contributed by atoms with van der Waals surface area (Å²) in [5.41, 5.74) is 2.27. The Labute approximate surface area is 154 Å². The Morgan fingerprint density at radius 2 is 2.08 bits per heavy atom. The molecule has 0 fully saturated rings. The highest BCUT2D eigenvalue weighted by molar-refractivity contribution is 7.12. The number of ether oxygens (including phenoxy) is 1. The fraction of sp³-hybridized carbons (Fsp3) is 0.105. The van der Waals surface area contributed by atoms with Gasteiger partial charge in [0.2, 0.25) is 0 Å². The van der Waals surface area contributed by atoms with Gasteiger partial charge in [-0.1, -0.05) is 17.7 Å². The number of thiophene rings is 1. The van der Waals surface area contributed by atoms with Gasteiger partial charge >= 0.3 is 0 Å². The van der Waals surface area contributed by atoms with E-state index in [1.165, 1.54) is 23.5 Å². The number of hydrogen-bond donors (Lipinski definition) is 1. The molecule has 0 saturated carbocycles. The lowest BCUT2D eigenvalue weighted by atomic mass is 10.2. The molecular weight excluding hydrogens is 361 g/mol. The van der Waals surface area contributed by atoms with E-state index < -0.39 is 5.82 Å². The van der Waals surface area contributed by atoms with Gasteiger partial charge in [-0.2, -0.15) is 0 Å². The molecule has 0 saturated heterocycles. The first-order valence-corrected chi connectivity index (χ1v) is 8.80. The number of carbonyl (C=O) groups is 1. The molecule has 0 spiro atoms. The van der Waals surface area contributed by atoms with E-state index in [-0.39, 0.29) is 5.91 Å². The molecule has 3 nitrogen and oxygen atoms in total. The van der Waals surface area contributed by atoms with Crippen LogP contribution in [0.1, 0.15) is 20.8 Å². The van der Waals surface area contributed by atoms with Crippen molar-refractivity contribution in [2.45, 2.75) is 13.5 Å². The first-order chi connectivity index (χ1) is 12.0. The summed E-state index contributed by atoms with van der Waals surface area (Å²) in [6.07, 6.45) is 0. The second-order valence-electron chi connectivity index (χ2n) is 5.48. The maximum atomic E-state index is 13.2. The summed E-state index contributed by atoms with van der Waals surface area (Å²) in [6.45, 7) is 2.28. The van der Waals surface area contributed by atoms with Crippen LogP contribution in [0.3, 0.4) is 0 Å². The number of carbonyl (C=O) groups excluding carboxylic acids is 1. The summed E-state index contributed by atoms with van der Waals surface area (Å²) < 4.78 is 18.9. The molecule has 0 unspecified atom stereocenters. The largest absolute Gasteiger partial charge is 0.489 e. The predicted octanol–water partition coefficient (Wildman–Crippen LogP) is 5.68. The van der Waals surface area contributed by atoms with E-state index in [1.54, 1.807) is 24.3 Å². The van der Waals surface area contributed by atoms with E-state index in [0.717, 1.165) is 16.9 Å². The molecule has 0 bridgehead atoms. The van der Waals surface area contributed by atoms with Gasteiger partial charge in [0.25, 0.3) is 5.91 Å². The van der Waals surface area contributed by atoms with E-state index in [0.29, 0.717) is 22.2 Å². The number of nitrogens with one attached hydrogen (secondary N) is 1. The van der Waals surface area contributed by atoms with E-state index in [4.69, 9.17) is 16.3 Å². The van der Waals surface area contributed by atoms with Crippen LogP contribution in [-0.4, -0.2) is 5.91 Å². The van der Waals surface area contributed by atoms with Gasteiger partial charge in [0, 0.05) is 16.3 Å². The zero-order valence-electron chi connectivity index (χ0n) is 13.4. The lowest BCUT2D eigenvalue weighted by molar-refractivity contribution is 0.103. The quantitative estimate of drug-likeness (QED) is 0.623. The Morgan fingerprint density at radius 3 is 2.84 bits per heavy atom. The SMILES string of the molecule is Cc1cc(Cl)ccc1OCc1csc(C(=O)Nc2cccc(F)c2)c1. The molecule has 3 aromatic rings. The van der Waals surface area contributed by atoms with Crippen molar-refractivity contribution in [1.29, 1.82) is 0 Å². The fourth-order valence-corrected chi connectivity index (χ4v) is 3.28. The summed E-state index contributed by atoms with van der Waals surface area (Å²) in [5, 5.41) is 5.21. The third-order valence-corrected chi connectivity index (χ3v) is 4.70. The highest BCUT2D eigenvalue weighted by Crippen LogP contribution is 2.24. The van der Waals surface area contributed by atoms with Crippen molar-refractivity contribution < 1.29 is 13.9 Å². The minimum atomic E-state index is -0.392. The molecule has 0 aliphatic carbocycles. The topological polar surface area (TPSA) is 38.3 Å². The zero-order valence-corrected chi connectivity index (χ0v) is 15.0. The number of aryl methyl sites for hydroxylation is 1. The van der Waals surface area contributed by atoms with Crippen molar-refractivity contribution in [1.82, 2.24) is 0 Å². The molecular formula is C19H15ClFNO2S. The average Bonchev–Trinajstić information content (AvgIpc) is 3.03. The molecule has 6 heteroatoms. The maximum Gasteiger partial charge on any atom is 0.265 e. The Bertz CT molecular complexity index is 910. The second-order valence-corrected chi connectivity index (χ2v) is 6.83. The third kappa shape index (κ3) is 4.59. The van der Waals surface area contributed by atoms with Crippen LogP contribution in [0.4, 0.5) is 10.1 Å². The van der Waals surface area contributed by atoms with Gasteiger partial charge < -0.3 is 10.1 Å². The summed E-state index contributed by atoms with van der Waals surface area (Å²) >= 11 is 7.24. The predicted molar refractivity (Wildman–Crippen MR) is 99.2 cm³/mol. The highest BCUT2D eigenvalue weighted by atomic mass is 35.5. The Balaban J connectivity index is 1.62. The summed E-state index contributed by atoms with van der Waals surface area (Å²) in [4.78, 5) is 12.8. The van der Waals surface area contributed by atoms with Crippen LogP contribution < -0.4 is 10.1 Å². The molecule has 3 rings (SSSR count). The normalized spacial score (nSPS) is 10.5. The van der Waals surface area contributed by atoms with E-state index in [9.17, 15) is 9.18 Å². The van der Waals surface area contributed by atoms with Crippen molar-refractivity contribution in [3.05, 3.63) is 80.8 Å². The van der Waals surface area contributed by atoms with E-state index in [1.807, 2.05) is 24.4 Å². The number of halogens is 2. The van der Waals surface area contributed by atoms with Crippen LogP contribution in [0.5, 0.6) is 5.75 Å².